The molecule has 0 radical (unpaired) electrons. The lowest BCUT2D eigenvalue weighted by atomic mass is 9.52. The first-order chi connectivity index (χ1) is 13.6. The number of carbonyl (C=O) groups is 1. The fraction of sp³-hybridized carbons (Fsp3) is 0.885. The third-order valence-electron chi connectivity index (χ3n) is 9.36. The van der Waals surface area contributed by atoms with Gasteiger partial charge in [0.1, 0.15) is 5.78 Å². The molecule has 2 saturated carbocycles. The van der Waals surface area contributed by atoms with Crippen LogP contribution in [0.1, 0.15) is 91.4 Å². The second-order valence-corrected chi connectivity index (χ2v) is 10.7. The minimum atomic E-state index is 0.280. The Morgan fingerprint density at radius 3 is 2.61 bits per heavy atom. The average Bonchev–Trinajstić information content (AvgIpc) is 3.06. The topological polar surface area (TPSA) is 20.3 Å². The predicted octanol–water partition coefficient (Wildman–Crippen LogP) is 6.26. The van der Waals surface area contributed by atoms with Crippen molar-refractivity contribution >= 4 is 5.78 Å². The van der Waals surface area contributed by atoms with Gasteiger partial charge in [0.15, 0.2) is 0 Å². The smallest absolute Gasteiger partial charge is 0.150 e. The first-order valence-electron chi connectivity index (χ1n) is 12.5. The molecule has 4 aliphatic rings. The number of carbonyl (C=O) groups excluding carboxylic acids is 1. The molecule has 3 fully saturated rings. The van der Waals surface area contributed by atoms with Gasteiger partial charge in [-0.15, -0.1) is 0 Å². The maximum Gasteiger partial charge on any atom is 0.150 e. The fourth-order valence-corrected chi connectivity index (χ4v) is 7.96. The molecule has 0 aromatic rings. The molecule has 0 aromatic carbocycles. The summed E-state index contributed by atoms with van der Waals surface area (Å²) in [5, 5.41) is 0. The standard InChI is InChI=1S/C26H43NO/c1-4-9-20-19(5-2)10-11-22-21(20)14-15-26(3)23(22)12-13-24(26)25(28)18-27-16-7-6-8-17-27/h10,20-24H,4-9,11-18H2,1-3H3. The Morgan fingerprint density at radius 2 is 1.89 bits per heavy atom. The summed E-state index contributed by atoms with van der Waals surface area (Å²) in [7, 11) is 0. The molecule has 3 aliphatic carbocycles. The molecule has 6 unspecified atom stereocenters. The lowest BCUT2D eigenvalue weighted by molar-refractivity contribution is -0.130. The van der Waals surface area contributed by atoms with Crippen LogP contribution < -0.4 is 0 Å². The van der Waals surface area contributed by atoms with E-state index in [4.69, 9.17) is 0 Å². The van der Waals surface area contributed by atoms with Crippen LogP contribution in [0.3, 0.4) is 0 Å². The van der Waals surface area contributed by atoms with Crippen molar-refractivity contribution in [2.75, 3.05) is 19.6 Å². The minimum Gasteiger partial charge on any atom is -0.298 e. The molecule has 0 amide bonds. The van der Waals surface area contributed by atoms with E-state index in [0.29, 0.717) is 11.7 Å². The van der Waals surface area contributed by atoms with Crippen molar-refractivity contribution in [2.45, 2.75) is 91.4 Å². The van der Waals surface area contributed by atoms with Crippen LogP contribution in [0.15, 0.2) is 11.6 Å². The molecule has 1 saturated heterocycles. The fourth-order valence-electron chi connectivity index (χ4n) is 7.96. The number of hydrogen-bond donors (Lipinski definition) is 0. The average molecular weight is 386 g/mol. The van der Waals surface area contributed by atoms with Crippen LogP contribution in [0, 0.1) is 35.0 Å². The molecule has 158 valence electrons. The van der Waals surface area contributed by atoms with E-state index in [-0.39, 0.29) is 5.41 Å². The van der Waals surface area contributed by atoms with Crippen LogP contribution in [0.2, 0.25) is 0 Å². The summed E-state index contributed by atoms with van der Waals surface area (Å²) in [5.74, 6) is 4.28. The summed E-state index contributed by atoms with van der Waals surface area (Å²) in [4.78, 5) is 15.8. The molecule has 2 heteroatoms. The molecule has 0 bridgehead atoms. The van der Waals surface area contributed by atoms with E-state index in [1.54, 1.807) is 5.57 Å². The van der Waals surface area contributed by atoms with Crippen LogP contribution >= 0.6 is 0 Å². The Morgan fingerprint density at radius 1 is 1.11 bits per heavy atom. The van der Waals surface area contributed by atoms with Gasteiger partial charge in [-0.05, 0) is 100.0 Å². The second-order valence-electron chi connectivity index (χ2n) is 10.7. The molecule has 0 spiro atoms. The van der Waals surface area contributed by atoms with Gasteiger partial charge in [0, 0.05) is 5.92 Å². The van der Waals surface area contributed by atoms with Crippen LogP contribution in [-0.2, 0) is 4.79 Å². The van der Waals surface area contributed by atoms with E-state index in [9.17, 15) is 4.79 Å². The number of Topliss-reactive ketones (excluding diaryl/α,β-unsaturated/α-hetero) is 1. The third kappa shape index (κ3) is 3.64. The van der Waals surface area contributed by atoms with E-state index in [0.717, 1.165) is 43.3 Å². The molecule has 0 N–H and O–H groups in total. The Balaban J connectivity index is 1.48. The summed E-state index contributed by atoms with van der Waals surface area (Å²) < 4.78 is 0. The number of likely N-dealkylation sites (tertiary alicyclic amines) is 1. The quantitative estimate of drug-likeness (QED) is 0.503. The van der Waals surface area contributed by atoms with Crippen molar-refractivity contribution < 1.29 is 4.79 Å². The van der Waals surface area contributed by atoms with E-state index in [1.165, 1.54) is 70.6 Å². The predicted molar refractivity (Wildman–Crippen MR) is 117 cm³/mol. The molecule has 1 aliphatic heterocycles. The van der Waals surface area contributed by atoms with Crippen LogP contribution in [-0.4, -0.2) is 30.3 Å². The Labute approximate surface area is 173 Å². The molecule has 0 aromatic heterocycles. The van der Waals surface area contributed by atoms with Gasteiger partial charge in [-0.2, -0.15) is 0 Å². The van der Waals surface area contributed by atoms with Crippen molar-refractivity contribution in [3.05, 3.63) is 11.6 Å². The van der Waals surface area contributed by atoms with Gasteiger partial charge in [-0.1, -0.05) is 45.3 Å². The van der Waals surface area contributed by atoms with Gasteiger partial charge in [0.2, 0.25) is 0 Å². The molecule has 6 atom stereocenters. The molecule has 2 nitrogen and oxygen atoms in total. The van der Waals surface area contributed by atoms with Gasteiger partial charge in [0.05, 0.1) is 6.54 Å². The Hall–Kier alpha value is -0.630. The summed E-state index contributed by atoms with van der Waals surface area (Å²) in [6.07, 6.45) is 16.9. The highest BCUT2D eigenvalue weighted by atomic mass is 16.1. The molecule has 28 heavy (non-hydrogen) atoms. The molecule has 1 heterocycles. The van der Waals surface area contributed by atoms with Crippen molar-refractivity contribution in [3.8, 4) is 0 Å². The van der Waals surface area contributed by atoms with Gasteiger partial charge in [0.25, 0.3) is 0 Å². The number of ketones is 1. The first-order valence-corrected chi connectivity index (χ1v) is 12.5. The zero-order chi connectivity index (χ0) is 19.7. The van der Waals surface area contributed by atoms with Gasteiger partial charge in [-0.25, -0.2) is 0 Å². The Kier molecular flexibility index (Phi) is 6.35. The highest BCUT2D eigenvalue weighted by Gasteiger charge is 2.56. The van der Waals surface area contributed by atoms with Crippen molar-refractivity contribution in [1.82, 2.24) is 4.90 Å². The molecular formula is C26H43NO. The third-order valence-corrected chi connectivity index (χ3v) is 9.36. The van der Waals surface area contributed by atoms with Crippen LogP contribution in [0.4, 0.5) is 0 Å². The number of piperidine rings is 1. The van der Waals surface area contributed by atoms with E-state index >= 15 is 0 Å². The number of rotatable bonds is 6. The van der Waals surface area contributed by atoms with Gasteiger partial charge in [-0.3, -0.25) is 9.69 Å². The highest BCUT2D eigenvalue weighted by molar-refractivity contribution is 5.84. The minimum absolute atomic E-state index is 0.280. The van der Waals surface area contributed by atoms with Crippen molar-refractivity contribution in [1.29, 1.82) is 0 Å². The SMILES string of the molecule is CCCC1C(CC)=CCC2C1CCC1(C)C(C(=O)CN3CCCCC3)CCC21. The van der Waals surface area contributed by atoms with E-state index in [1.807, 2.05) is 0 Å². The van der Waals surface area contributed by atoms with Gasteiger partial charge >= 0.3 is 0 Å². The maximum atomic E-state index is 13.3. The highest BCUT2D eigenvalue weighted by Crippen LogP contribution is 2.62. The first kappa shape index (κ1) is 20.6. The van der Waals surface area contributed by atoms with Crippen LogP contribution in [0.25, 0.3) is 0 Å². The van der Waals surface area contributed by atoms with E-state index < -0.39 is 0 Å². The number of hydrogen-bond acceptors (Lipinski definition) is 2. The lowest BCUT2D eigenvalue weighted by Gasteiger charge is -2.52. The number of allylic oxidation sites excluding steroid dienone is 2. The number of fused-ring (bicyclic) bond motifs is 3. The summed E-state index contributed by atoms with van der Waals surface area (Å²) in [6.45, 7) is 10.2. The zero-order valence-electron chi connectivity index (χ0n) is 18.7. The maximum absolute atomic E-state index is 13.3. The largest absolute Gasteiger partial charge is 0.298 e. The van der Waals surface area contributed by atoms with E-state index in [2.05, 4.69) is 31.7 Å². The number of nitrogens with zero attached hydrogens (tertiary/aromatic N) is 1. The van der Waals surface area contributed by atoms with Gasteiger partial charge < -0.3 is 0 Å². The summed E-state index contributed by atoms with van der Waals surface area (Å²) in [5.41, 5.74) is 2.03. The monoisotopic (exact) mass is 385 g/mol. The summed E-state index contributed by atoms with van der Waals surface area (Å²) >= 11 is 0. The zero-order valence-corrected chi connectivity index (χ0v) is 18.7. The Bertz CT molecular complexity index is 589. The van der Waals surface area contributed by atoms with Crippen molar-refractivity contribution in [3.63, 3.8) is 0 Å². The molecule has 4 rings (SSSR count). The van der Waals surface area contributed by atoms with Crippen LogP contribution in [0.5, 0.6) is 0 Å². The second kappa shape index (κ2) is 8.62. The normalized spacial score (nSPS) is 41.2. The van der Waals surface area contributed by atoms with Crippen molar-refractivity contribution in [2.24, 2.45) is 35.0 Å². The molecular weight excluding hydrogens is 342 g/mol. The lowest BCUT2D eigenvalue weighted by Crippen LogP contribution is -2.48. The summed E-state index contributed by atoms with van der Waals surface area (Å²) in [6, 6.07) is 0.